The molecular formula is C12H9BrClNO2S. The molecule has 1 heterocycles. The minimum atomic E-state index is -0.195. The summed E-state index contributed by atoms with van der Waals surface area (Å²) in [5, 5.41) is 14.4. The summed E-state index contributed by atoms with van der Waals surface area (Å²) in [6, 6.07) is 6.77. The van der Waals surface area contributed by atoms with Crippen LogP contribution in [-0.2, 0) is 6.54 Å². The van der Waals surface area contributed by atoms with Crippen LogP contribution in [0.1, 0.15) is 15.2 Å². The van der Waals surface area contributed by atoms with Crippen LogP contribution in [0.2, 0.25) is 5.02 Å². The van der Waals surface area contributed by atoms with E-state index in [9.17, 15) is 9.90 Å². The first kappa shape index (κ1) is 13.4. The van der Waals surface area contributed by atoms with Gasteiger partial charge in [0.2, 0.25) is 0 Å². The number of carbonyl (C=O) groups excluding carboxylic acids is 1. The standard InChI is InChI=1S/C12H9BrClNO2S/c13-8-5-7(1-2-10(8)16)6-15-12(17)11-9(14)3-4-18-11/h1-5,16H,6H2,(H,15,17). The molecule has 94 valence electrons. The second kappa shape index (κ2) is 5.73. The Kier molecular flexibility index (Phi) is 4.27. The van der Waals surface area contributed by atoms with E-state index < -0.39 is 0 Å². The Hall–Kier alpha value is -1.04. The Morgan fingerprint density at radius 3 is 2.83 bits per heavy atom. The molecule has 2 N–H and O–H groups in total. The van der Waals surface area contributed by atoms with E-state index in [0.717, 1.165) is 5.56 Å². The Morgan fingerprint density at radius 2 is 2.22 bits per heavy atom. The van der Waals surface area contributed by atoms with Crippen molar-refractivity contribution in [2.75, 3.05) is 0 Å². The molecule has 2 rings (SSSR count). The van der Waals surface area contributed by atoms with Gasteiger partial charge in [0.25, 0.3) is 5.91 Å². The fourth-order valence-electron chi connectivity index (χ4n) is 1.38. The number of amides is 1. The molecule has 0 radical (unpaired) electrons. The molecule has 1 aromatic heterocycles. The number of phenolic OH excluding ortho intramolecular Hbond substituents is 1. The van der Waals surface area contributed by atoms with Crippen molar-refractivity contribution < 1.29 is 9.90 Å². The number of aromatic hydroxyl groups is 1. The lowest BCUT2D eigenvalue weighted by Gasteiger charge is -2.05. The van der Waals surface area contributed by atoms with Gasteiger partial charge in [0.05, 0.1) is 9.50 Å². The third-order valence-electron chi connectivity index (χ3n) is 2.29. The molecule has 0 aliphatic rings. The van der Waals surface area contributed by atoms with Crippen LogP contribution < -0.4 is 5.32 Å². The summed E-state index contributed by atoms with van der Waals surface area (Å²) in [4.78, 5) is 12.3. The number of hydrogen-bond acceptors (Lipinski definition) is 3. The van der Waals surface area contributed by atoms with Crippen molar-refractivity contribution in [1.82, 2.24) is 5.32 Å². The van der Waals surface area contributed by atoms with E-state index in [1.54, 1.807) is 29.6 Å². The lowest BCUT2D eigenvalue weighted by molar-refractivity contribution is 0.0955. The maximum absolute atomic E-state index is 11.8. The van der Waals surface area contributed by atoms with Crippen LogP contribution in [0.5, 0.6) is 5.75 Å². The Bertz CT molecular complexity index is 585. The quantitative estimate of drug-likeness (QED) is 0.888. The van der Waals surface area contributed by atoms with Gasteiger partial charge >= 0.3 is 0 Å². The third-order valence-corrected chi connectivity index (χ3v) is 4.26. The third kappa shape index (κ3) is 3.04. The largest absolute Gasteiger partial charge is 0.507 e. The van der Waals surface area contributed by atoms with Crippen LogP contribution in [0.4, 0.5) is 0 Å². The van der Waals surface area contributed by atoms with E-state index in [1.165, 1.54) is 11.3 Å². The molecule has 6 heteroatoms. The molecule has 0 bridgehead atoms. The van der Waals surface area contributed by atoms with Gasteiger partial charge in [0, 0.05) is 6.54 Å². The number of hydrogen-bond donors (Lipinski definition) is 2. The molecule has 0 saturated carbocycles. The van der Waals surface area contributed by atoms with Crippen molar-refractivity contribution in [3.63, 3.8) is 0 Å². The molecule has 0 aliphatic carbocycles. The van der Waals surface area contributed by atoms with Crippen LogP contribution in [-0.4, -0.2) is 11.0 Å². The highest BCUT2D eigenvalue weighted by molar-refractivity contribution is 9.10. The van der Waals surface area contributed by atoms with E-state index in [2.05, 4.69) is 21.2 Å². The van der Waals surface area contributed by atoms with Crippen LogP contribution in [0.3, 0.4) is 0 Å². The highest BCUT2D eigenvalue weighted by Crippen LogP contribution is 2.25. The zero-order chi connectivity index (χ0) is 13.1. The maximum Gasteiger partial charge on any atom is 0.263 e. The summed E-state index contributed by atoms with van der Waals surface area (Å²) in [6.07, 6.45) is 0. The first-order valence-electron chi connectivity index (χ1n) is 5.06. The monoisotopic (exact) mass is 345 g/mol. The molecule has 0 aliphatic heterocycles. The van der Waals surface area contributed by atoms with Crippen molar-refractivity contribution in [3.8, 4) is 5.75 Å². The summed E-state index contributed by atoms with van der Waals surface area (Å²) in [5.41, 5.74) is 0.890. The molecule has 1 amide bonds. The summed E-state index contributed by atoms with van der Waals surface area (Å²) in [5.74, 6) is -0.0226. The number of halogens is 2. The first-order chi connectivity index (χ1) is 8.58. The van der Waals surface area contributed by atoms with Crippen molar-refractivity contribution in [3.05, 3.63) is 49.6 Å². The number of phenols is 1. The predicted octanol–water partition coefficient (Wildman–Crippen LogP) is 3.80. The van der Waals surface area contributed by atoms with Gasteiger partial charge in [-0.15, -0.1) is 11.3 Å². The number of nitrogens with one attached hydrogen (secondary N) is 1. The summed E-state index contributed by atoms with van der Waals surface area (Å²) in [7, 11) is 0. The molecule has 2 aromatic rings. The normalized spacial score (nSPS) is 10.3. The fraction of sp³-hybridized carbons (Fsp3) is 0.0833. The molecule has 3 nitrogen and oxygen atoms in total. The number of rotatable bonds is 3. The first-order valence-corrected chi connectivity index (χ1v) is 7.11. The van der Waals surface area contributed by atoms with Gasteiger partial charge in [-0.1, -0.05) is 17.7 Å². The minimum Gasteiger partial charge on any atom is -0.507 e. The highest BCUT2D eigenvalue weighted by atomic mass is 79.9. The lowest BCUT2D eigenvalue weighted by atomic mass is 10.2. The second-order valence-corrected chi connectivity index (χ2v) is 5.74. The van der Waals surface area contributed by atoms with E-state index >= 15 is 0 Å². The molecule has 0 saturated heterocycles. The molecule has 1 aromatic carbocycles. The molecule has 0 spiro atoms. The molecule has 18 heavy (non-hydrogen) atoms. The van der Waals surface area contributed by atoms with Gasteiger partial charge in [-0.25, -0.2) is 0 Å². The lowest BCUT2D eigenvalue weighted by Crippen LogP contribution is -2.22. The number of carbonyl (C=O) groups is 1. The molecule has 0 atom stereocenters. The topological polar surface area (TPSA) is 49.3 Å². The maximum atomic E-state index is 11.8. The van der Waals surface area contributed by atoms with Gasteiger partial charge in [-0.3, -0.25) is 4.79 Å². The summed E-state index contributed by atoms with van der Waals surface area (Å²) >= 11 is 10.4. The molecular weight excluding hydrogens is 338 g/mol. The van der Waals surface area contributed by atoms with Crippen LogP contribution in [0.15, 0.2) is 34.1 Å². The van der Waals surface area contributed by atoms with Crippen LogP contribution in [0, 0.1) is 0 Å². The number of benzene rings is 1. The van der Waals surface area contributed by atoms with E-state index in [0.29, 0.717) is 20.9 Å². The zero-order valence-corrected chi connectivity index (χ0v) is 12.3. The predicted molar refractivity (Wildman–Crippen MR) is 76.3 cm³/mol. The van der Waals surface area contributed by atoms with Gasteiger partial charge in [0.15, 0.2) is 0 Å². The second-order valence-electron chi connectivity index (χ2n) is 3.57. The molecule has 0 fully saturated rings. The fourth-order valence-corrected chi connectivity index (χ4v) is 2.86. The van der Waals surface area contributed by atoms with Crippen molar-refractivity contribution in [2.24, 2.45) is 0 Å². The Labute approximate surface area is 122 Å². The smallest absolute Gasteiger partial charge is 0.263 e. The van der Waals surface area contributed by atoms with E-state index in [4.69, 9.17) is 11.6 Å². The Balaban J connectivity index is 2.02. The van der Waals surface area contributed by atoms with Crippen molar-refractivity contribution >= 4 is 44.8 Å². The number of thiophene rings is 1. The summed E-state index contributed by atoms with van der Waals surface area (Å²) in [6.45, 7) is 0.381. The summed E-state index contributed by atoms with van der Waals surface area (Å²) < 4.78 is 0.600. The van der Waals surface area contributed by atoms with Crippen molar-refractivity contribution in [1.29, 1.82) is 0 Å². The van der Waals surface area contributed by atoms with E-state index in [1.807, 2.05) is 0 Å². The average molecular weight is 347 g/mol. The zero-order valence-electron chi connectivity index (χ0n) is 9.11. The highest BCUT2D eigenvalue weighted by Gasteiger charge is 2.11. The van der Waals surface area contributed by atoms with Gasteiger partial charge in [0.1, 0.15) is 10.6 Å². The van der Waals surface area contributed by atoms with Crippen molar-refractivity contribution in [2.45, 2.75) is 6.54 Å². The molecule has 0 unspecified atom stereocenters. The van der Waals surface area contributed by atoms with Gasteiger partial charge < -0.3 is 10.4 Å². The Morgan fingerprint density at radius 1 is 1.44 bits per heavy atom. The van der Waals surface area contributed by atoms with Crippen LogP contribution in [0.25, 0.3) is 0 Å². The van der Waals surface area contributed by atoms with Gasteiger partial charge in [-0.2, -0.15) is 0 Å². The van der Waals surface area contributed by atoms with Crippen LogP contribution >= 0.6 is 38.9 Å². The van der Waals surface area contributed by atoms with Gasteiger partial charge in [-0.05, 0) is 45.1 Å². The minimum absolute atomic E-state index is 0.173. The SMILES string of the molecule is O=C(NCc1ccc(O)c(Br)c1)c1sccc1Cl. The van der Waals surface area contributed by atoms with E-state index in [-0.39, 0.29) is 11.7 Å². The average Bonchev–Trinajstić information content (AvgIpc) is 2.77.